The van der Waals surface area contributed by atoms with Crippen molar-refractivity contribution < 1.29 is 14.0 Å². The molecule has 0 bridgehead atoms. The number of ether oxygens (including phenoxy) is 1. The zero-order chi connectivity index (χ0) is 13.3. The van der Waals surface area contributed by atoms with Crippen molar-refractivity contribution in [1.82, 2.24) is 4.98 Å². The molecule has 2 rings (SSSR count). The smallest absolute Gasteiger partial charge is 0.534 e. The summed E-state index contributed by atoms with van der Waals surface area (Å²) < 4.78 is 17.0. The van der Waals surface area contributed by atoms with Crippen LogP contribution in [0.5, 0.6) is 5.75 Å². The van der Waals surface area contributed by atoms with Gasteiger partial charge in [-0.3, -0.25) is 4.98 Å². The van der Waals surface area contributed by atoms with Crippen molar-refractivity contribution in [2.45, 2.75) is 39.4 Å². The third kappa shape index (κ3) is 2.67. The third-order valence-corrected chi connectivity index (χ3v) is 2.70. The Morgan fingerprint density at radius 2 is 2.11 bits per heavy atom. The molecule has 1 saturated heterocycles. The van der Waals surface area contributed by atoms with E-state index in [0.717, 1.165) is 5.46 Å². The number of nitrogens with zero attached hydrogens (tertiary/aromatic N) is 1. The van der Waals surface area contributed by atoms with E-state index in [9.17, 15) is 0 Å². The van der Waals surface area contributed by atoms with Gasteiger partial charge in [-0.2, -0.15) is 0 Å². The summed E-state index contributed by atoms with van der Waals surface area (Å²) in [6.45, 7) is 11.7. The van der Waals surface area contributed by atoms with E-state index in [-0.39, 0.29) is 6.10 Å². The minimum atomic E-state index is -0.473. The van der Waals surface area contributed by atoms with Crippen LogP contribution in [-0.4, -0.2) is 23.8 Å². The third-order valence-electron chi connectivity index (χ3n) is 2.70. The highest BCUT2D eigenvalue weighted by atomic mass is 16.7. The lowest BCUT2D eigenvalue weighted by atomic mass is 9.80. The molecular formula is C13H18BNO3. The molecule has 2 heterocycles. The lowest BCUT2D eigenvalue weighted by molar-refractivity contribution is 0.173. The van der Waals surface area contributed by atoms with Gasteiger partial charge in [0.2, 0.25) is 0 Å². The maximum Gasteiger partial charge on any atom is 0.565 e. The summed E-state index contributed by atoms with van der Waals surface area (Å²) in [6.07, 6.45) is 3.50. The molecule has 1 aromatic rings. The van der Waals surface area contributed by atoms with Gasteiger partial charge in [-0.15, -0.1) is 0 Å². The second-order valence-corrected chi connectivity index (χ2v) is 5.12. The van der Waals surface area contributed by atoms with Crippen LogP contribution in [0.15, 0.2) is 30.8 Å². The highest BCUT2D eigenvalue weighted by molar-refractivity contribution is 6.62. The quantitative estimate of drug-likeness (QED) is 0.765. The van der Waals surface area contributed by atoms with Crippen LogP contribution in [0.4, 0.5) is 0 Å². The van der Waals surface area contributed by atoms with Gasteiger partial charge in [0, 0.05) is 11.7 Å². The molecule has 0 unspecified atom stereocenters. The van der Waals surface area contributed by atoms with Crippen LogP contribution in [0.2, 0.25) is 0 Å². The summed E-state index contributed by atoms with van der Waals surface area (Å²) in [7, 11) is -0.462. The molecule has 5 heteroatoms. The molecule has 1 aliphatic heterocycles. The lowest BCUT2D eigenvalue weighted by Crippen LogP contribution is -2.34. The highest BCUT2D eigenvalue weighted by Gasteiger charge is 2.43. The molecule has 4 nitrogen and oxygen atoms in total. The molecule has 0 atom stereocenters. The fourth-order valence-corrected chi connectivity index (χ4v) is 1.67. The fourth-order valence-electron chi connectivity index (χ4n) is 1.67. The number of hydrogen-bond donors (Lipinski definition) is 0. The Morgan fingerprint density at radius 3 is 2.67 bits per heavy atom. The van der Waals surface area contributed by atoms with E-state index in [1.165, 1.54) is 0 Å². The minimum Gasteiger partial charge on any atom is -0.534 e. The standard InChI is InChI=1S/C13H18BNO3/c1-9(2)16-12-6-11(7-15-8-12)14-17-10(3)13(4,5)18-14/h6-9H,3H2,1-2,4-5H3. The molecule has 18 heavy (non-hydrogen) atoms. The second kappa shape index (κ2) is 4.65. The van der Waals surface area contributed by atoms with Crippen LogP contribution in [0.25, 0.3) is 0 Å². The summed E-state index contributed by atoms with van der Waals surface area (Å²) in [5, 5.41) is 0. The van der Waals surface area contributed by atoms with E-state index in [0.29, 0.717) is 11.5 Å². The number of rotatable bonds is 3. The van der Waals surface area contributed by atoms with E-state index in [1.807, 2.05) is 33.8 Å². The van der Waals surface area contributed by atoms with E-state index in [2.05, 4.69) is 11.6 Å². The predicted molar refractivity (Wildman–Crippen MR) is 70.8 cm³/mol. The van der Waals surface area contributed by atoms with Crippen molar-refractivity contribution in [3.8, 4) is 5.75 Å². The van der Waals surface area contributed by atoms with Crippen LogP contribution in [0.1, 0.15) is 27.7 Å². The molecule has 0 N–H and O–H groups in total. The van der Waals surface area contributed by atoms with Gasteiger partial charge in [0.05, 0.1) is 18.1 Å². The Labute approximate surface area is 108 Å². The van der Waals surface area contributed by atoms with Gasteiger partial charge >= 0.3 is 7.12 Å². The van der Waals surface area contributed by atoms with E-state index < -0.39 is 12.7 Å². The zero-order valence-electron chi connectivity index (χ0n) is 11.3. The van der Waals surface area contributed by atoms with Crippen LogP contribution in [0, 0.1) is 0 Å². The molecule has 0 aliphatic carbocycles. The van der Waals surface area contributed by atoms with Crippen LogP contribution >= 0.6 is 0 Å². The largest absolute Gasteiger partial charge is 0.565 e. The van der Waals surface area contributed by atoms with Crippen molar-refractivity contribution in [3.05, 3.63) is 30.8 Å². The average molecular weight is 247 g/mol. The first kappa shape index (κ1) is 13.0. The van der Waals surface area contributed by atoms with Crippen molar-refractivity contribution in [3.63, 3.8) is 0 Å². The topological polar surface area (TPSA) is 40.6 Å². The predicted octanol–water partition coefficient (Wildman–Crippen LogP) is 1.90. The molecular weight excluding hydrogens is 229 g/mol. The fraction of sp³-hybridized carbons (Fsp3) is 0.462. The number of hydrogen-bond acceptors (Lipinski definition) is 4. The molecule has 1 fully saturated rings. The van der Waals surface area contributed by atoms with Crippen molar-refractivity contribution >= 4 is 12.6 Å². The summed E-state index contributed by atoms with van der Waals surface area (Å²) in [6, 6.07) is 1.88. The van der Waals surface area contributed by atoms with Gasteiger partial charge in [0.25, 0.3) is 0 Å². The van der Waals surface area contributed by atoms with Crippen LogP contribution in [0.3, 0.4) is 0 Å². The van der Waals surface area contributed by atoms with Crippen LogP contribution < -0.4 is 10.2 Å². The zero-order valence-corrected chi connectivity index (χ0v) is 11.3. The first-order valence-electron chi connectivity index (χ1n) is 6.04. The molecule has 0 spiro atoms. The van der Waals surface area contributed by atoms with Gasteiger partial charge in [-0.05, 0) is 33.8 Å². The molecule has 0 radical (unpaired) electrons. The second-order valence-electron chi connectivity index (χ2n) is 5.12. The van der Waals surface area contributed by atoms with Gasteiger partial charge < -0.3 is 14.0 Å². The Morgan fingerprint density at radius 1 is 1.39 bits per heavy atom. The summed E-state index contributed by atoms with van der Waals surface area (Å²) >= 11 is 0. The Balaban J connectivity index is 2.17. The lowest BCUT2D eigenvalue weighted by Gasteiger charge is -2.15. The monoisotopic (exact) mass is 247 g/mol. The molecule has 0 saturated carbocycles. The highest BCUT2D eigenvalue weighted by Crippen LogP contribution is 2.29. The van der Waals surface area contributed by atoms with E-state index >= 15 is 0 Å². The van der Waals surface area contributed by atoms with Crippen molar-refractivity contribution in [2.24, 2.45) is 0 Å². The molecule has 96 valence electrons. The number of pyridine rings is 1. The SMILES string of the molecule is C=C1OB(c2cncc(OC(C)C)c2)OC1(C)C. The molecule has 0 amide bonds. The normalized spacial score (nSPS) is 18.1. The van der Waals surface area contributed by atoms with Gasteiger partial charge in [-0.1, -0.05) is 6.58 Å². The van der Waals surface area contributed by atoms with E-state index in [1.54, 1.807) is 12.4 Å². The Bertz CT molecular complexity index is 459. The molecule has 0 aromatic carbocycles. The minimum absolute atomic E-state index is 0.110. The molecule has 1 aliphatic rings. The summed E-state index contributed by atoms with van der Waals surface area (Å²) in [5.74, 6) is 1.34. The van der Waals surface area contributed by atoms with Crippen molar-refractivity contribution in [2.75, 3.05) is 0 Å². The van der Waals surface area contributed by atoms with Gasteiger partial charge in [0.1, 0.15) is 11.4 Å². The number of aromatic nitrogens is 1. The Hall–Kier alpha value is -1.49. The van der Waals surface area contributed by atoms with Crippen molar-refractivity contribution in [1.29, 1.82) is 0 Å². The molecule has 1 aromatic heterocycles. The van der Waals surface area contributed by atoms with Gasteiger partial charge in [-0.25, -0.2) is 0 Å². The first-order valence-corrected chi connectivity index (χ1v) is 6.04. The maximum atomic E-state index is 5.79. The summed E-state index contributed by atoms with van der Waals surface area (Å²) in [4.78, 5) is 4.14. The first-order chi connectivity index (χ1) is 8.38. The Kier molecular flexibility index (Phi) is 3.35. The van der Waals surface area contributed by atoms with E-state index in [4.69, 9.17) is 14.0 Å². The van der Waals surface area contributed by atoms with Crippen LogP contribution in [-0.2, 0) is 9.31 Å². The summed E-state index contributed by atoms with van der Waals surface area (Å²) in [5.41, 5.74) is 0.361. The van der Waals surface area contributed by atoms with Gasteiger partial charge in [0.15, 0.2) is 0 Å². The maximum absolute atomic E-state index is 5.79. The average Bonchev–Trinajstić information content (AvgIpc) is 2.53.